The lowest BCUT2D eigenvalue weighted by Crippen LogP contribution is -2.43. The Morgan fingerprint density at radius 3 is 2.73 bits per heavy atom. The van der Waals surface area contributed by atoms with Crippen LogP contribution in [-0.2, 0) is 6.54 Å². The molecule has 1 aromatic heterocycles. The topological polar surface area (TPSA) is 93.9 Å². The second-order valence-corrected chi connectivity index (χ2v) is 6.75. The Labute approximate surface area is 156 Å². The quantitative estimate of drug-likeness (QED) is 0.688. The van der Waals surface area contributed by atoms with Gasteiger partial charge in [-0.1, -0.05) is 29.8 Å². The first-order valence-corrected chi connectivity index (χ1v) is 8.63. The fourth-order valence-corrected chi connectivity index (χ4v) is 3.10. The second kappa shape index (κ2) is 7.53. The van der Waals surface area contributed by atoms with Crippen LogP contribution in [-0.4, -0.2) is 70.6 Å². The van der Waals surface area contributed by atoms with Crippen LogP contribution in [0.5, 0.6) is 0 Å². The molecule has 9 heteroatoms. The zero-order chi connectivity index (χ0) is 18.8. The molecule has 1 aromatic carbocycles. The maximum Gasteiger partial charge on any atom is 0.275 e. The molecule has 140 valence electrons. The van der Waals surface area contributed by atoms with Crippen molar-refractivity contribution in [2.24, 2.45) is 0 Å². The molecule has 8 nitrogen and oxygen atoms in total. The molecule has 0 fully saturated rings. The number of hydrogen-bond acceptors (Lipinski definition) is 6. The van der Waals surface area contributed by atoms with Gasteiger partial charge in [0, 0.05) is 25.7 Å². The predicted octanol–water partition coefficient (Wildman–Crippen LogP) is 0.829. The van der Waals surface area contributed by atoms with Crippen LogP contribution < -0.4 is 10.2 Å². The van der Waals surface area contributed by atoms with Crippen LogP contribution in [0.4, 0.5) is 11.8 Å². The van der Waals surface area contributed by atoms with Gasteiger partial charge in [-0.25, -0.2) is 0 Å². The molecule has 0 saturated carbocycles. The molecule has 2 heterocycles. The molecule has 0 aliphatic carbocycles. The Balaban J connectivity index is 2.04. The Bertz CT molecular complexity index is 810. The minimum Gasteiger partial charge on any atom is -0.394 e. The van der Waals surface area contributed by atoms with Gasteiger partial charge in [-0.05, 0) is 11.6 Å². The van der Waals surface area contributed by atoms with E-state index < -0.39 is 6.10 Å². The van der Waals surface area contributed by atoms with E-state index in [-0.39, 0.29) is 19.1 Å². The van der Waals surface area contributed by atoms with Crippen LogP contribution in [0.2, 0.25) is 5.02 Å². The first kappa shape index (κ1) is 18.5. The van der Waals surface area contributed by atoms with Gasteiger partial charge < -0.3 is 25.3 Å². The van der Waals surface area contributed by atoms with Gasteiger partial charge in [0.1, 0.15) is 0 Å². The molecule has 3 N–H and O–H groups in total. The number of hydrogen-bond donors (Lipinski definition) is 3. The number of carbonyl (C=O) groups is 1. The third-order valence-corrected chi connectivity index (χ3v) is 4.65. The monoisotopic (exact) mass is 379 g/mol. The number of nitrogens with zero attached hydrogens (tertiary/aromatic N) is 4. The SMILES string of the molecule is CN1CN(C)c2nc(NCC(O)CO)n(Cc3ccccc3Cl)c2C1=O. The van der Waals surface area contributed by atoms with Crippen molar-refractivity contribution in [3.8, 4) is 0 Å². The maximum atomic E-state index is 12.8. The lowest BCUT2D eigenvalue weighted by Gasteiger charge is -2.31. The number of carbonyl (C=O) groups excluding carboxylic acids is 1. The van der Waals surface area contributed by atoms with E-state index in [4.69, 9.17) is 16.7 Å². The van der Waals surface area contributed by atoms with Crippen molar-refractivity contribution >= 4 is 29.3 Å². The standard InChI is InChI=1S/C17H22ClN5O3/c1-21-10-22(2)16(26)14-15(21)20-17(19-7-12(25)9-24)23(14)8-11-5-3-4-6-13(11)18/h3-6,12,24-25H,7-10H2,1-2H3,(H,19,20). The molecule has 1 atom stereocenters. The molecule has 1 amide bonds. The molecule has 0 radical (unpaired) electrons. The van der Waals surface area contributed by atoms with E-state index in [9.17, 15) is 9.90 Å². The Morgan fingerprint density at radius 2 is 2.04 bits per heavy atom. The predicted molar refractivity (Wildman–Crippen MR) is 99.7 cm³/mol. The lowest BCUT2D eigenvalue weighted by molar-refractivity contribution is 0.0774. The molecule has 1 aliphatic rings. The Morgan fingerprint density at radius 1 is 1.31 bits per heavy atom. The van der Waals surface area contributed by atoms with Crippen LogP contribution in [0, 0.1) is 0 Å². The van der Waals surface area contributed by atoms with E-state index in [2.05, 4.69) is 10.3 Å². The highest BCUT2D eigenvalue weighted by Gasteiger charge is 2.32. The zero-order valence-electron chi connectivity index (χ0n) is 14.7. The number of anilines is 2. The normalized spacial score (nSPS) is 15.2. The summed E-state index contributed by atoms with van der Waals surface area (Å²) in [5.41, 5.74) is 1.31. The second-order valence-electron chi connectivity index (χ2n) is 6.34. The first-order valence-electron chi connectivity index (χ1n) is 8.25. The van der Waals surface area contributed by atoms with Crippen LogP contribution in [0.3, 0.4) is 0 Å². The summed E-state index contributed by atoms with van der Waals surface area (Å²) in [6.45, 7) is 0.544. The largest absolute Gasteiger partial charge is 0.394 e. The fraction of sp³-hybridized carbons (Fsp3) is 0.412. The van der Waals surface area contributed by atoms with Gasteiger partial charge in [0.25, 0.3) is 5.91 Å². The third kappa shape index (κ3) is 3.48. The van der Waals surface area contributed by atoms with Crippen molar-refractivity contribution in [3.63, 3.8) is 0 Å². The van der Waals surface area contributed by atoms with Crippen molar-refractivity contribution in [3.05, 3.63) is 40.5 Å². The number of halogens is 1. The number of imidazole rings is 1. The molecule has 1 aliphatic heterocycles. The highest BCUT2D eigenvalue weighted by Crippen LogP contribution is 2.30. The van der Waals surface area contributed by atoms with E-state index in [0.717, 1.165) is 5.56 Å². The van der Waals surface area contributed by atoms with Gasteiger partial charge in [-0.3, -0.25) is 9.36 Å². The smallest absolute Gasteiger partial charge is 0.275 e. The number of aromatic nitrogens is 2. The number of nitrogens with one attached hydrogen (secondary N) is 1. The van der Waals surface area contributed by atoms with Crippen molar-refractivity contribution in [2.45, 2.75) is 12.6 Å². The Kier molecular flexibility index (Phi) is 5.36. The third-order valence-electron chi connectivity index (χ3n) is 4.28. The van der Waals surface area contributed by atoms with E-state index >= 15 is 0 Å². The number of aliphatic hydroxyl groups is 2. The molecule has 3 rings (SSSR count). The number of benzene rings is 1. The van der Waals surface area contributed by atoms with E-state index in [1.54, 1.807) is 22.6 Å². The Hall–Kier alpha value is -2.29. The summed E-state index contributed by atoms with van der Waals surface area (Å²) in [5.74, 6) is 0.882. The highest BCUT2D eigenvalue weighted by molar-refractivity contribution is 6.31. The maximum absolute atomic E-state index is 12.8. The van der Waals surface area contributed by atoms with E-state index in [1.165, 1.54) is 0 Å². The zero-order valence-corrected chi connectivity index (χ0v) is 15.4. The molecule has 0 saturated heterocycles. The van der Waals surface area contributed by atoms with Crippen molar-refractivity contribution < 1.29 is 15.0 Å². The van der Waals surface area contributed by atoms with E-state index in [0.29, 0.717) is 35.7 Å². The number of amides is 1. The lowest BCUT2D eigenvalue weighted by atomic mass is 10.2. The minimum atomic E-state index is -0.923. The van der Waals surface area contributed by atoms with Crippen LogP contribution in [0.1, 0.15) is 16.1 Å². The highest BCUT2D eigenvalue weighted by atomic mass is 35.5. The number of rotatable bonds is 6. The van der Waals surface area contributed by atoms with Crippen LogP contribution in [0.15, 0.2) is 24.3 Å². The van der Waals surface area contributed by atoms with Gasteiger partial charge in [-0.15, -0.1) is 0 Å². The van der Waals surface area contributed by atoms with E-state index in [1.807, 2.05) is 30.1 Å². The van der Waals surface area contributed by atoms with Gasteiger partial charge >= 0.3 is 0 Å². The summed E-state index contributed by atoms with van der Waals surface area (Å²) in [5, 5.41) is 22.3. The molecule has 0 bridgehead atoms. The summed E-state index contributed by atoms with van der Waals surface area (Å²) >= 11 is 6.29. The summed E-state index contributed by atoms with van der Waals surface area (Å²) in [4.78, 5) is 20.8. The molecule has 0 spiro atoms. The van der Waals surface area contributed by atoms with Gasteiger partial charge in [0.15, 0.2) is 11.5 Å². The van der Waals surface area contributed by atoms with Gasteiger partial charge in [-0.2, -0.15) is 4.98 Å². The number of aliphatic hydroxyl groups excluding tert-OH is 2. The van der Waals surface area contributed by atoms with Crippen LogP contribution >= 0.6 is 11.6 Å². The average Bonchev–Trinajstić information content (AvgIpc) is 2.98. The van der Waals surface area contributed by atoms with Gasteiger partial charge in [0.2, 0.25) is 5.95 Å². The first-order chi connectivity index (χ1) is 12.4. The number of fused-ring (bicyclic) bond motifs is 1. The summed E-state index contributed by atoms with van der Waals surface area (Å²) < 4.78 is 1.76. The van der Waals surface area contributed by atoms with Crippen molar-refractivity contribution in [1.29, 1.82) is 0 Å². The minimum absolute atomic E-state index is 0.114. The van der Waals surface area contributed by atoms with Gasteiger partial charge in [0.05, 0.1) is 25.9 Å². The summed E-state index contributed by atoms with van der Waals surface area (Å²) in [6, 6.07) is 7.41. The van der Waals surface area contributed by atoms with Crippen molar-refractivity contribution in [1.82, 2.24) is 14.5 Å². The van der Waals surface area contributed by atoms with Crippen molar-refractivity contribution in [2.75, 3.05) is 44.1 Å². The summed E-state index contributed by atoms with van der Waals surface area (Å²) in [7, 11) is 3.60. The summed E-state index contributed by atoms with van der Waals surface area (Å²) in [6.07, 6.45) is -0.923. The molecular weight excluding hydrogens is 358 g/mol. The molecule has 26 heavy (non-hydrogen) atoms. The molecule has 1 unspecified atom stereocenters. The van der Waals surface area contributed by atoms with Crippen LogP contribution in [0.25, 0.3) is 0 Å². The molecule has 2 aromatic rings. The fourth-order valence-electron chi connectivity index (χ4n) is 2.91. The average molecular weight is 380 g/mol. The molecular formula is C17H22ClN5O3.